The number of carboxylic acids is 1. The monoisotopic (exact) mass is 306 g/mol. The molecule has 0 aromatic rings. The van der Waals surface area contributed by atoms with E-state index in [9.17, 15) is 9.59 Å². The van der Waals surface area contributed by atoms with E-state index in [0.29, 0.717) is 32.0 Å². The maximum atomic E-state index is 12.1. The van der Waals surface area contributed by atoms with Gasteiger partial charge in [0.15, 0.2) is 0 Å². The van der Waals surface area contributed by atoms with Crippen LogP contribution in [0.4, 0.5) is 0 Å². The average molecular weight is 307 g/mol. The van der Waals surface area contributed by atoms with Gasteiger partial charge in [0.2, 0.25) is 5.91 Å². The molecule has 1 rings (SSSR count). The molecule has 1 amide bonds. The van der Waals surface area contributed by atoms with Crippen molar-refractivity contribution in [1.82, 2.24) is 9.80 Å². The maximum Gasteiger partial charge on any atom is 0.307 e. The van der Waals surface area contributed by atoms with Crippen molar-refractivity contribution in [3.63, 3.8) is 0 Å². The molecule has 0 spiro atoms. The number of carbonyl (C=O) groups excluding carboxylic acids is 1. The molecule has 1 aliphatic heterocycles. The van der Waals surface area contributed by atoms with E-state index in [2.05, 4.69) is 20.8 Å². The highest BCUT2D eigenvalue weighted by molar-refractivity contribution is 5.85. The number of nitrogens with zero attached hydrogens (tertiary/aromatic N) is 2. The summed E-state index contributed by atoms with van der Waals surface area (Å²) in [6, 6.07) is 0.227. The predicted molar refractivity (Wildman–Crippen MR) is 81.1 cm³/mol. The lowest BCUT2D eigenvalue weighted by Crippen LogP contribution is -2.42. The van der Waals surface area contributed by atoms with Crippen molar-refractivity contribution in [3.05, 3.63) is 0 Å². The first kappa shape index (κ1) is 19.2. The number of hydrogen-bond donors (Lipinski definition) is 1. The largest absolute Gasteiger partial charge is 0.481 e. The van der Waals surface area contributed by atoms with Crippen LogP contribution in [-0.4, -0.2) is 59.5 Å². The molecule has 1 fully saturated rings. The number of likely N-dealkylation sites (N-methyl/N-ethyl adjacent to an activating group) is 1. The van der Waals surface area contributed by atoms with Crippen LogP contribution in [0, 0.1) is 11.8 Å². The van der Waals surface area contributed by atoms with E-state index in [-0.39, 0.29) is 30.3 Å². The minimum atomic E-state index is -0.753. The van der Waals surface area contributed by atoms with Crippen molar-refractivity contribution in [2.75, 3.05) is 26.7 Å². The molecule has 2 atom stereocenters. The van der Waals surface area contributed by atoms with Gasteiger partial charge in [-0.15, -0.1) is 12.4 Å². The quantitative estimate of drug-likeness (QED) is 0.811. The highest BCUT2D eigenvalue weighted by Crippen LogP contribution is 2.17. The minimum Gasteiger partial charge on any atom is -0.481 e. The fraction of sp³-hybridized carbons (Fsp3) is 0.857. The third kappa shape index (κ3) is 5.67. The van der Waals surface area contributed by atoms with E-state index in [1.807, 2.05) is 11.9 Å². The van der Waals surface area contributed by atoms with Crippen LogP contribution >= 0.6 is 12.4 Å². The van der Waals surface area contributed by atoms with E-state index >= 15 is 0 Å². The SMILES string of the molecule is CC(C)CC(C)N(C)C(=O)CN1CCC(C(=O)O)C1.Cl. The van der Waals surface area contributed by atoms with Gasteiger partial charge in [-0.1, -0.05) is 13.8 Å². The van der Waals surface area contributed by atoms with Gasteiger partial charge in [-0.25, -0.2) is 0 Å². The Labute approximate surface area is 127 Å². The Morgan fingerprint density at radius 3 is 2.40 bits per heavy atom. The Hall–Kier alpha value is -0.810. The van der Waals surface area contributed by atoms with E-state index in [4.69, 9.17) is 5.11 Å². The molecule has 5 nitrogen and oxygen atoms in total. The lowest BCUT2D eigenvalue weighted by molar-refractivity contribution is -0.141. The molecule has 0 aliphatic carbocycles. The molecule has 1 N–H and O–H groups in total. The topological polar surface area (TPSA) is 60.9 Å². The van der Waals surface area contributed by atoms with E-state index in [1.54, 1.807) is 4.90 Å². The molecule has 0 radical (unpaired) electrons. The maximum absolute atomic E-state index is 12.1. The van der Waals surface area contributed by atoms with Crippen LogP contribution < -0.4 is 0 Å². The zero-order valence-electron chi connectivity index (χ0n) is 12.8. The fourth-order valence-electron chi connectivity index (χ4n) is 2.57. The van der Waals surface area contributed by atoms with E-state index < -0.39 is 5.97 Å². The van der Waals surface area contributed by atoms with Crippen molar-refractivity contribution in [2.24, 2.45) is 11.8 Å². The molecule has 118 valence electrons. The minimum absolute atomic E-state index is 0. The first-order chi connectivity index (χ1) is 8.81. The zero-order valence-corrected chi connectivity index (χ0v) is 13.7. The number of likely N-dealkylation sites (tertiary alicyclic amines) is 1. The average Bonchev–Trinajstić information content (AvgIpc) is 2.75. The highest BCUT2D eigenvalue weighted by Gasteiger charge is 2.30. The summed E-state index contributed by atoms with van der Waals surface area (Å²) in [5.74, 6) is -0.421. The van der Waals surface area contributed by atoms with E-state index in [1.165, 1.54) is 0 Å². The van der Waals surface area contributed by atoms with Crippen LogP contribution in [0.1, 0.15) is 33.6 Å². The van der Waals surface area contributed by atoms with Gasteiger partial charge < -0.3 is 10.0 Å². The Bertz CT molecular complexity index is 336. The summed E-state index contributed by atoms with van der Waals surface area (Å²) in [6.07, 6.45) is 1.63. The molecule has 0 aromatic heterocycles. The van der Waals surface area contributed by atoms with Crippen molar-refractivity contribution in [3.8, 4) is 0 Å². The molecule has 1 saturated heterocycles. The van der Waals surface area contributed by atoms with Gasteiger partial charge in [0.05, 0.1) is 12.5 Å². The number of halogens is 1. The Balaban J connectivity index is 0.00000361. The Morgan fingerprint density at radius 1 is 1.35 bits per heavy atom. The number of carboxylic acid groups (broad SMARTS) is 1. The molecule has 6 heteroatoms. The highest BCUT2D eigenvalue weighted by atomic mass is 35.5. The molecular formula is C14H27ClN2O3. The molecular weight excluding hydrogens is 280 g/mol. The molecule has 20 heavy (non-hydrogen) atoms. The van der Waals surface area contributed by atoms with Crippen molar-refractivity contribution in [2.45, 2.75) is 39.7 Å². The third-order valence-electron chi connectivity index (χ3n) is 3.85. The van der Waals surface area contributed by atoms with Gasteiger partial charge in [-0.05, 0) is 32.2 Å². The van der Waals surface area contributed by atoms with Crippen molar-refractivity contribution < 1.29 is 14.7 Å². The van der Waals surface area contributed by atoms with Gasteiger partial charge in [0.1, 0.15) is 0 Å². The first-order valence-electron chi connectivity index (χ1n) is 7.02. The molecule has 0 saturated carbocycles. The second kappa shape index (κ2) is 8.47. The number of hydrogen-bond acceptors (Lipinski definition) is 3. The van der Waals surface area contributed by atoms with Crippen LogP contribution in [0.3, 0.4) is 0 Å². The zero-order chi connectivity index (χ0) is 14.6. The third-order valence-corrected chi connectivity index (χ3v) is 3.85. The lowest BCUT2D eigenvalue weighted by atomic mass is 10.0. The summed E-state index contributed by atoms with van der Waals surface area (Å²) in [5.41, 5.74) is 0. The summed E-state index contributed by atoms with van der Waals surface area (Å²) >= 11 is 0. The molecule has 0 bridgehead atoms. The summed E-state index contributed by atoms with van der Waals surface area (Å²) in [6.45, 7) is 7.88. The standard InChI is InChI=1S/C14H26N2O3.ClH/c1-10(2)7-11(3)15(4)13(17)9-16-6-5-12(8-16)14(18)19;/h10-12H,5-9H2,1-4H3,(H,18,19);1H. The van der Waals surface area contributed by atoms with Gasteiger partial charge in [0.25, 0.3) is 0 Å². The Morgan fingerprint density at radius 2 is 1.95 bits per heavy atom. The Kier molecular flexibility index (Phi) is 8.13. The summed E-state index contributed by atoms with van der Waals surface area (Å²) in [4.78, 5) is 26.7. The number of carbonyl (C=O) groups is 2. The van der Waals surface area contributed by atoms with Crippen LogP contribution in [0.5, 0.6) is 0 Å². The van der Waals surface area contributed by atoms with E-state index in [0.717, 1.165) is 6.42 Å². The lowest BCUT2D eigenvalue weighted by Gasteiger charge is -2.28. The predicted octanol–water partition coefficient (Wildman–Crippen LogP) is 1.71. The number of aliphatic carboxylic acids is 1. The van der Waals surface area contributed by atoms with Gasteiger partial charge in [-0.3, -0.25) is 14.5 Å². The molecule has 1 heterocycles. The summed E-state index contributed by atoms with van der Waals surface area (Å²) < 4.78 is 0. The fourth-order valence-corrected chi connectivity index (χ4v) is 2.57. The number of amides is 1. The van der Waals surface area contributed by atoms with Crippen molar-refractivity contribution >= 4 is 24.3 Å². The van der Waals surface area contributed by atoms with Crippen LogP contribution in [0.2, 0.25) is 0 Å². The van der Waals surface area contributed by atoms with Crippen LogP contribution in [0.25, 0.3) is 0 Å². The normalized spacial score (nSPS) is 20.6. The van der Waals surface area contributed by atoms with Gasteiger partial charge >= 0.3 is 5.97 Å². The first-order valence-corrected chi connectivity index (χ1v) is 7.02. The summed E-state index contributed by atoms with van der Waals surface area (Å²) in [5, 5.41) is 8.94. The molecule has 0 aromatic carbocycles. The van der Waals surface area contributed by atoms with Crippen LogP contribution in [0.15, 0.2) is 0 Å². The second-order valence-corrected chi connectivity index (χ2v) is 6.04. The van der Waals surface area contributed by atoms with Crippen molar-refractivity contribution in [1.29, 1.82) is 0 Å². The smallest absolute Gasteiger partial charge is 0.307 e. The molecule has 1 aliphatic rings. The summed E-state index contributed by atoms with van der Waals surface area (Å²) in [7, 11) is 1.83. The second-order valence-electron chi connectivity index (χ2n) is 6.04. The van der Waals surface area contributed by atoms with Gasteiger partial charge in [-0.2, -0.15) is 0 Å². The number of rotatable bonds is 6. The van der Waals surface area contributed by atoms with Crippen LogP contribution in [-0.2, 0) is 9.59 Å². The molecule has 2 unspecified atom stereocenters. The van der Waals surface area contributed by atoms with Gasteiger partial charge in [0, 0.05) is 19.6 Å².